The summed E-state index contributed by atoms with van der Waals surface area (Å²) < 4.78 is 1.18. The number of hydrogen-bond acceptors (Lipinski definition) is 3. The molecule has 2 N–H and O–H groups in total. The van der Waals surface area contributed by atoms with Gasteiger partial charge in [0.05, 0.1) is 0 Å². The number of nitrogens with two attached hydrogens (primary N) is 1. The average molecular weight is 343 g/mol. The van der Waals surface area contributed by atoms with Gasteiger partial charge in [-0.1, -0.05) is 35.8 Å². The molecule has 3 unspecified atom stereocenters. The average Bonchev–Trinajstić information content (AvgIpc) is 2.30. The Morgan fingerprint density at radius 3 is 2.53 bits per heavy atom. The zero-order valence-corrected chi connectivity index (χ0v) is 14.3. The topological polar surface area (TPSA) is 29.3 Å². The second-order valence-corrected chi connectivity index (χ2v) is 8.36. The van der Waals surface area contributed by atoms with Gasteiger partial charge in [0.2, 0.25) is 0 Å². The van der Waals surface area contributed by atoms with Gasteiger partial charge in [-0.05, 0) is 31.0 Å². The molecule has 0 saturated carbocycles. The molecule has 1 saturated heterocycles. The van der Waals surface area contributed by atoms with Crippen LogP contribution in [0.3, 0.4) is 0 Å². The Kier molecular flexibility index (Phi) is 5.21. The van der Waals surface area contributed by atoms with Crippen LogP contribution < -0.4 is 10.6 Å². The van der Waals surface area contributed by atoms with Gasteiger partial charge in [-0.25, -0.2) is 0 Å². The summed E-state index contributed by atoms with van der Waals surface area (Å²) in [5.41, 5.74) is 8.49. The van der Waals surface area contributed by atoms with E-state index in [1.807, 2.05) is 6.92 Å². The Balaban J connectivity index is 2.15. The lowest BCUT2D eigenvalue weighted by molar-refractivity contribution is 0.724. The van der Waals surface area contributed by atoms with E-state index in [-0.39, 0.29) is 6.04 Å². The standard InChI is InChI=1S/C15H23BrN2S/c1-10(17)6-13-4-5-14(7-15(13)16)18-8-11(2)19-12(3)9-18/h4-5,7,10-12H,6,8-9,17H2,1-3H3. The van der Waals surface area contributed by atoms with Gasteiger partial charge in [-0.3, -0.25) is 0 Å². The predicted molar refractivity (Wildman–Crippen MR) is 90.2 cm³/mol. The van der Waals surface area contributed by atoms with Gasteiger partial charge in [0.25, 0.3) is 0 Å². The van der Waals surface area contributed by atoms with Crippen molar-refractivity contribution in [2.24, 2.45) is 5.73 Å². The molecule has 4 heteroatoms. The first-order valence-electron chi connectivity index (χ1n) is 6.90. The zero-order chi connectivity index (χ0) is 14.0. The Bertz CT molecular complexity index is 426. The number of rotatable bonds is 3. The van der Waals surface area contributed by atoms with Crippen molar-refractivity contribution in [1.29, 1.82) is 0 Å². The number of nitrogens with zero attached hydrogens (tertiary/aromatic N) is 1. The highest BCUT2D eigenvalue weighted by atomic mass is 79.9. The minimum absolute atomic E-state index is 0.202. The van der Waals surface area contributed by atoms with Gasteiger partial charge < -0.3 is 10.6 Å². The summed E-state index contributed by atoms with van der Waals surface area (Å²) in [6.45, 7) is 8.94. The molecule has 1 aliphatic rings. The molecule has 0 bridgehead atoms. The monoisotopic (exact) mass is 342 g/mol. The van der Waals surface area contributed by atoms with Crippen LogP contribution in [0.4, 0.5) is 5.69 Å². The maximum absolute atomic E-state index is 5.88. The summed E-state index contributed by atoms with van der Waals surface area (Å²) >= 11 is 5.77. The van der Waals surface area contributed by atoms with Crippen molar-refractivity contribution in [3.8, 4) is 0 Å². The molecule has 1 heterocycles. The first-order chi connectivity index (χ1) is 8.95. The molecule has 1 fully saturated rings. The number of halogens is 1. The van der Waals surface area contributed by atoms with Gasteiger partial charge in [-0.15, -0.1) is 0 Å². The van der Waals surface area contributed by atoms with Crippen molar-refractivity contribution in [1.82, 2.24) is 0 Å². The number of hydrogen-bond donors (Lipinski definition) is 1. The highest BCUT2D eigenvalue weighted by Gasteiger charge is 2.22. The third kappa shape index (κ3) is 4.14. The zero-order valence-electron chi connectivity index (χ0n) is 11.9. The Hall–Kier alpha value is -0.190. The van der Waals surface area contributed by atoms with Crippen LogP contribution in [0.15, 0.2) is 22.7 Å². The van der Waals surface area contributed by atoms with Crippen molar-refractivity contribution < 1.29 is 0 Å². The van der Waals surface area contributed by atoms with Gasteiger partial charge in [0.15, 0.2) is 0 Å². The summed E-state index contributed by atoms with van der Waals surface area (Å²) in [6, 6.07) is 6.89. The highest BCUT2D eigenvalue weighted by molar-refractivity contribution is 9.10. The van der Waals surface area contributed by atoms with Crippen LogP contribution in [0.1, 0.15) is 26.3 Å². The maximum Gasteiger partial charge on any atom is 0.0378 e. The Labute approximate surface area is 129 Å². The third-order valence-electron chi connectivity index (χ3n) is 3.36. The summed E-state index contributed by atoms with van der Waals surface area (Å²) in [6.07, 6.45) is 0.920. The highest BCUT2D eigenvalue weighted by Crippen LogP contribution is 2.31. The van der Waals surface area contributed by atoms with Crippen molar-refractivity contribution in [3.05, 3.63) is 28.2 Å². The lowest BCUT2D eigenvalue weighted by Crippen LogP contribution is -2.40. The van der Waals surface area contributed by atoms with Crippen LogP contribution in [0, 0.1) is 0 Å². The van der Waals surface area contributed by atoms with Gasteiger partial charge in [0, 0.05) is 39.8 Å². The van der Waals surface area contributed by atoms with Crippen molar-refractivity contribution in [2.75, 3.05) is 18.0 Å². The lowest BCUT2D eigenvalue weighted by atomic mass is 10.1. The second-order valence-electron chi connectivity index (χ2n) is 5.62. The van der Waals surface area contributed by atoms with Crippen molar-refractivity contribution >= 4 is 33.4 Å². The van der Waals surface area contributed by atoms with E-state index in [2.05, 4.69) is 64.6 Å². The smallest absolute Gasteiger partial charge is 0.0378 e. The third-order valence-corrected chi connectivity index (χ3v) is 5.33. The van der Waals surface area contributed by atoms with E-state index in [0.717, 1.165) is 19.5 Å². The molecule has 3 atom stereocenters. The van der Waals surface area contributed by atoms with Crippen molar-refractivity contribution in [3.63, 3.8) is 0 Å². The van der Waals surface area contributed by atoms with E-state index in [0.29, 0.717) is 10.5 Å². The fourth-order valence-electron chi connectivity index (χ4n) is 2.63. The fourth-order valence-corrected chi connectivity index (χ4v) is 4.49. The molecule has 0 aliphatic carbocycles. The van der Waals surface area contributed by atoms with E-state index in [4.69, 9.17) is 5.73 Å². The van der Waals surface area contributed by atoms with Crippen LogP contribution in [-0.2, 0) is 6.42 Å². The normalized spacial score (nSPS) is 25.4. The minimum atomic E-state index is 0.202. The van der Waals surface area contributed by atoms with E-state index >= 15 is 0 Å². The van der Waals surface area contributed by atoms with Gasteiger partial charge in [-0.2, -0.15) is 11.8 Å². The second kappa shape index (κ2) is 6.51. The molecule has 2 nitrogen and oxygen atoms in total. The molecule has 1 aromatic rings. The summed E-state index contributed by atoms with van der Waals surface area (Å²) in [4.78, 5) is 2.49. The first kappa shape index (κ1) is 15.2. The van der Waals surface area contributed by atoms with E-state index in [9.17, 15) is 0 Å². The quantitative estimate of drug-likeness (QED) is 0.908. The molecule has 2 rings (SSSR count). The molecule has 0 radical (unpaired) electrons. The van der Waals surface area contributed by atoms with Crippen molar-refractivity contribution in [2.45, 2.75) is 43.7 Å². The van der Waals surface area contributed by atoms with Crippen LogP contribution in [0.25, 0.3) is 0 Å². The van der Waals surface area contributed by atoms with Crippen LogP contribution in [-0.4, -0.2) is 29.6 Å². The molecular formula is C15H23BrN2S. The molecule has 19 heavy (non-hydrogen) atoms. The van der Waals surface area contributed by atoms with E-state index in [1.54, 1.807) is 0 Å². The predicted octanol–water partition coefficient (Wildman–Crippen LogP) is 3.67. The SMILES string of the molecule is CC(N)Cc1ccc(N2CC(C)SC(C)C2)cc1Br. The number of benzene rings is 1. The Morgan fingerprint density at radius 2 is 2.00 bits per heavy atom. The van der Waals surface area contributed by atoms with Gasteiger partial charge in [0.1, 0.15) is 0 Å². The molecule has 1 aliphatic heterocycles. The fraction of sp³-hybridized carbons (Fsp3) is 0.600. The summed E-state index contributed by atoms with van der Waals surface area (Å²) in [5.74, 6) is 0. The number of anilines is 1. The molecule has 1 aromatic carbocycles. The molecule has 0 spiro atoms. The first-order valence-corrected chi connectivity index (χ1v) is 8.63. The molecule has 106 valence electrons. The van der Waals surface area contributed by atoms with Crippen LogP contribution >= 0.6 is 27.7 Å². The number of thioether (sulfide) groups is 1. The summed E-state index contributed by atoms with van der Waals surface area (Å²) in [5, 5.41) is 1.40. The lowest BCUT2D eigenvalue weighted by Gasteiger charge is -2.36. The molecular weight excluding hydrogens is 320 g/mol. The largest absolute Gasteiger partial charge is 0.369 e. The van der Waals surface area contributed by atoms with Gasteiger partial charge >= 0.3 is 0 Å². The molecule has 0 amide bonds. The van der Waals surface area contributed by atoms with E-state index in [1.165, 1.54) is 15.7 Å². The van der Waals surface area contributed by atoms with Crippen LogP contribution in [0.2, 0.25) is 0 Å². The Morgan fingerprint density at radius 1 is 1.37 bits per heavy atom. The summed E-state index contributed by atoms with van der Waals surface area (Å²) in [7, 11) is 0. The minimum Gasteiger partial charge on any atom is -0.369 e. The maximum atomic E-state index is 5.88. The van der Waals surface area contributed by atoms with Crippen LogP contribution in [0.5, 0.6) is 0 Å². The van der Waals surface area contributed by atoms with E-state index < -0.39 is 0 Å². The molecule has 0 aromatic heterocycles.